The van der Waals surface area contributed by atoms with Crippen molar-refractivity contribution in [1.29, 1.82) is 0 Å². The molecule has 9 aromatic rings. The van der Waals surface area contributed by atoms with E-state index in [1.54, 1.807) is 0 Å². The third-order valence-electron chi connectivity index (χ3n) is 8.46. The summed E-state index contributed by atoms with van der Waals surface area (Å²) in [6.45, 7) is 0. The molecule has 0 unspecified atom stereocenters. The van der Waals surface area contributed by atoms with Crippen LogP contribution >= 0.6 is 0 Å². The molecule has 0 bridgehead atoms. The first-order chi connectivity index (χ1) is 19.9. The molecule has 7 aromatic carbocycles. The van der Waals surface area contributed by atoms with Crippen LogP contribution in [0.1, 0.15) is 0 Å². The van der Waals surface area contributed by atoms with E-state index in [9.17, 15) is 0 Å². The van der Waals surface area contributed by atoms with Crippen molar-refractivity contribution in [2.75, 3.05) is 0 Å². The summed E-state index contributed by atoms with van der Waals surface area (Å²) in [5.74, 6) is 0. The lowest BCUT2D eigenvalue weighted by Gasteiger charge is -2.15. The van der Waals surface area contributed by atoms with E-state index in [1.165, 1.54) is 76.5 Å². The minimum Gasteiger partial charge on any atom is -0.309 e. The van der Waals surface area contributed by atoms with Crippen LogP contribution in [0.25, 0.3) is 76.5 Å². The van der Waals surface area contributed by atoms with Gasteiger partial charge in [0.2, 0.25) is 0 Å². The van der Waals surface area contributed by atoms with Gasteiger partial charge in [0, 0.05) is 38.3 Å². The van der Waals surface area contributed by atoms with E-state index < -0.39 is 0 Å². The molecule has 40 heavy (non-hydrogen) atoms. The molecule has 0 aliphatic carbocycles. The lowest BCUT2D eigenvalue weighted by atomic mass is 9.95. The second-order valence-electron chi connectivity index (χ2n) is 10.5. The molecule has 2 heterocycles. The lowest BCUT2D eigenvalue weighted by Crippen LogP contribution is -1.97. The summed E-state index contributed by atoms with van der Waals surface area (Å²) in [7, 11) is 0. The van der Waals surface area contributed by atoms with E-state index in [0.29, 0.717) is 0 Å². The summed E-state index contributed by atoms with van der Waals surface area (Å²) in [6.07, 6.45) is 0. The van der Waals surface area contributed by atoms with Crippen molar-refractivity contribution in [3.05, 3.63) is 146 Å². The highest BCUT2D eigenvalue weighted by Gasteiger charge is 2.23. The fraction of sp³-hybridized carbons (Fsp3) is 0. The van der Waals surface area contributed by atoms with Gasteiger partial charge in [-0.1, -0.05) is 109 Å². The predicted molar refractivity (Wildman–Crippen MR) is 170 cm³/mol. The molecule has 0 saturated heterocycles. The van der Waals surface area contributed by atoms with Crippen LogP contribution in [-0.2, 0) is 0 Å². The molecule has 2 heteroatoms. The smallest absolute Gasteiger partial charge is 0.0647 e. The molecular weight excluding hydrogens is 484 g/mol. The van der Waals surface area contributed by atoms with E-state index in [2.05, 4.69) is 155 Å². The van der Waals surface area contributed by atoms with Crippen molar-refractivity contribution in [1.82, 2.24) is 9.13 Å². The average molecular weight is 509 g/mol. The van der Waals surface area contributed by atoms with Gasteiger partial charge in [0.1, 0.15) is 0 Å². The molecule has 2 nitrogen and oxygen atoms in total. The topological polar surface area (TPSA) is 9.86 Å². The highest BCUT2D eigenvalue weighted by Crippen LogP contribution is 2.46. The Kier molecular flexibility index (Phi) is 4.36. The van der Waals surface area contributed by atoms with Gasteiger partial charge in [-0.05, 0) is 52.6 Å². The van der Waals surface area contributed by atoms with Gasteiger partial charge < -0.3 is 9.13 Å². The minimum absolute atomic E-state index is 1.17. The summed E-state index contributed by atoms with van der Waals surface area (Å²) >= 11 is 0. The van der Waals surface area contributed by atoms with Crippen LogP contribution in [0, 0.1) is 0 Å². The van der Waals surface area contributed by atoms with Crippen molar-refractivity contribution in [2.45, 2.75) is 0 Å². The Bertz CT molecular complexity index is 2410. The van der Waals surface area contributed by atoms with Crippen LogP contribution < -0.4 is 0 Å². The number of nitrogens with zero attached hydrogens (tertiary/aromatic N) is 2. The SMILES string of the molecule is c1ccc(-n2c3ccccc3c3ccc4c5ccccc5c5c6ccccc6n(-c6ccccc6)c5c4c32)cc1. The molecule has 0 saturated carbocycles. The Morgan fingerprint density at radius 2 is 0.725 bits per heavy atom. The molecule has 9 rings (SSSR count). The van der Waals surface area contributed by atoms with Crippen molar-refractivity contribution in [3.63, 3.8) is 0 Å². The summed E-state index contributed by atoms with van der Waals surface area (Å²) < 4.78 is 4.94. The molecule has 0 atom stereocenters. The summed E-state index contributed by atoms with van der Waals surface area (Å²) in [4.78, 5) is 0. The number of para-hydroxylation sites is 4. The third kappa shape index (κ3) is 2.77. The molecule has 0 fully saturated rings. The maximum Gasteiger partial charge on any atom is 0.0647 e. The van der Waals surface area contributed by atoms with E-state index in [1.807, 2.05) is 0 Å². The Hall–Kier alpha value is -5.34. The summed E-state index contributed by atoms with van der Waals surface area (Å²) in [6, 6.07) is 52.8. The van der Waals surface area contributed by atoms with Gasteiger partial charge in [0.05, 0.1) is 22.1 Å². The first kappa shape index (κ1) is 21.6. The van der Waals surface area contributed by atoms with Gasteiger partial charge in [-0.3, -0.25) is 0 Å². The number of hydrogen-bond donors (Lipinski definition) is 0. The summed E-state index contributed by atoms with van der Waals surface area (Å²) in [5, 5.41) is 10.3. The second-order valence-corrected chi connectivity index (χ2v) is 10.5. The van der Waals surface area contributed by atoms with E-state index in [4.69, 9.17) is 0 Å². The number of hydrogen-bond acceptors (Lipinski definition) is 0. The first-order valence-electron chi connectivity index (χ1n) is 13.8. The molecule has 0 spiro atoms. The zero-order chi connectivity index (χ0) is 26.2. The lowest BCUT2D eigenvalue weighted by molar-refractivity contribution is 1.18. The van der Waals surface area contributed by atoms with Gasteiger partial charge in [-0.15, -0.1) is 0 Å². The fourth-order valence-electron chi connectivity index (χ4n) is 6.90. The zero-order valence-corrected chi connectivity index (χ0v) is 21.8. The fourth-order valence-corrected chi connectivity index (χ4v) is 6.90. The average Bonchev–Trinajstić information content (AvgIpc) is 3.56. The van der Waals surface area contributed by atoms with Gasteiger partial charge in [0.15, 0.2) is 0 Å². The Balaban J connectivity index is 1.68. The van der Waals surface area contributed by atoms with E-state index in [-0.39, 0.29) is 0 Å². The first-order valence-corrected chi connectivity index (χ1v) is 13.8. The van der Waals surface area contributed by atoms with E-state index >= 15 is 0 Å². The normalized spacial score (nSPS) is 12.0. The Morgan fingerprint density at radius 3 is 1.40 bits per heavy atom. The third-order valence-corrected chi connectivity index (χ3v) is 8.46. The van der Waals surface area contributed by atoms with Crippen LogP contribution in [0.5, 0.6) is 0 Å². The highest BCUT2D eigenvalue weighted by molar-refractivity contribution is 6.37. The van der Waals surface area contributed by atoms with Crippen LogP contribution in [0.2, 0.25) is 0 Å². The number of benzene rings is 7. The Labute approximate surface area is 230 Å². The monoisotopic (exact) mass is 508 g/mol. The largest absolute Gasteiger partial charge is 0.309 e. The number of aromatic nitrogens is 2. The van der Waals surface area contributed by atoms with Crippen molar-refractivity contribution >= 4 is 65.2 Å². The molecule has 0 amide bonds. The molecule has 186 valence electrons. The van der Waals surface area contributed by atoms with Gasteiger partial charge in [-0.25, -0.2) is 0 Å². The Morgan fingerprint density at radius 1 is 0.275 bits per heavy atom. The molecule has 0 radical (unpaired) electrons. The molecule has 0 aliphatic rings. The standard InChI is InChI=1S/C38H24N2/c1-3-13-25(14-4-1)39-33-21-11-9-18-28(33)31-24-23-30-27-17-7-8-19-29(27)35-32-20-10-12-22-34(32)40(26-15-5-2-6-16-26)38(35)36(30)37(31)39/h1-24H. The van der Waals surface area contributed by atoms with Gasteiger partial charge in [-0.2, -0.15) is 0 Å². The van der Waals surface area contributed by atoms with Gasteiger partial charge >= 0.3 is 0 Å². The maximum absolute atomic E-state index is 2.48. The highest BCUT2D eigenvalue weighted by atomic mass is 15.0. The van der Waals surface area contributed by atoms with Gasteiger partial charge in [0.25, 0.3) is 0 Å². The summed E-state index contributed by atoms with van der Waals surface area (Å²) in [5.41, 5.74) is 7.29. The quantitative estimate of drug-likeness (QED) is 0.206. The molecule has 2 aromatic heterocycles. The zero-order valence-electron chi connectivity index (χ0n) is 21.8. The van der Waals surface area contributed by atoms with Crippen molar-refractivity contribution in [2.24, 2.45) is 0 Å². The minimum atomic E-state index is 1.17. The van der Waals surface area contributed by atoms with Crippen molar-refractivity contribution < 1.29 is 0 Å². The maximum atomic E-state index is 2.48. The van der Waals surface area contributed by atoms with Crippen LogP contribution in [0.3, 0.4) is 0 Å². The molecular formula is C38H24N2. The molecule has 0 aliphatic heterocycles. The predicted octanol–water partition coefficient (Wildman–Crippen LogP) is 10.2. The number of rotatable bonds is 2. The molecule has 0 N–H and O–H groups in total. The number of fused-ring (bicyclic) bond motifs is 12. The van der Waals surface area contributed by atoms with Crippen LogP contribution in [-0.4, -0.2) is 9.13 Å². The van der Waals surface area contributed by atoms with E-state index in [0.717, 1.165) is 0 Å². The van der Waals surface area contributed by atoms with Crippen LogP contribution in [0.4, 0.5) is 0 Å². The second kappa shape index (κ2) is 8.08. The van der Waals surface area contributed by atoms with Crippen molar-refractivity contribution in [3.8, 4) is 11.4 Å². The van der Waals surface area contributed by atoms with Crippen LogP contribution in [0.15, 0.2) is 146 Å².